The Labute approximate surface area is 165 Å². The standard InChI is InChI=1S/C21H25NO4S/c1-21(2,3)19-22(20(24)25-13-15-7-5-4-6-8-15)17(18(23)26-19)10-9-16-11-12-27-14-16/h4-8,11-12,14,17,19H,9-10,13H2,1-3H3/t17-,19-/m0/s1/i17D. The van der Waals surface area contributed by atoms with Crippen molar-refractivity contribution in [1.29, 1.82) is 0 Å². The third kappa shape index (κ3) is 4.69. The molecule has 0 unspecified atom stereocenters. The first-order valence-electron chi connectivity index (χ1n) is 9.44. The second-order valence-electron chi connectivity index (χ2n) is 7.61. The number of cyclic esters (lactones) is 1. The Morgan fingerprint density at radius 3 is 2.63 bits per heavy atom. The molecule has 5 nitrogen and oxygen atoms in total. The van der Waals surface area contributed by atoms with E-state index in [1.807, 2.05) is 67.9 Å². The number of amides is 1. The Balaban J connectivity index is 1.81. The Morgan fingerprint density at radius 1 is 1.26 bits per heavy atom. The van der Waals surface area contributed by atoms with Crippen LogP contribution in [0.3, 0.4) is 0 Å². The molecule has 0 saturated carbocycles. The topological polar surface area (TPSA) is 55.8 Å². The Bertz CT molecular complexity index is 819. The van der Waals surface area contributed by atoms with E-state index in [2.05, 4.69) is 0 Å². The van der Waals surface area contributed by atoms with Crippen LogP contribution in [0.25, 0.3) is 0 Å². The van der Waals surface area contributed by atoms with E-state index < -0.39 is 29.7 Å². The van der Waals surface area contributed by atoms with Gasteiger partial charge in [-0.15, -0.1) is 0 Å². The number of thiophene rings is 1. The molecular weight excluding hydrogens is 362 g/mol. The van der Waals surface area contributed by atoms with E-state index in [0.717, 1.165) is 11.1 Å². The van der Waals surface area contributed by atoms with Crippen molar-refractivity contribution in [1.82, 2.24) is 4.90 Å². The number of esters is 1. The Morgan fingerprint density at radius 2 is 2.00 bits per heavy atom. The fourth-order valence-electron chi connectivity index (χ4n) is 2.94. The molecule has 1 saturated heterocycles. The minimum absolute atomic E-state index is 0.0713. The summed E-state index contributed by atoms with van der Waals surface area (Å²) < 4.78 is 19.8. The van der Waals surface area contributed by atoms with Gasteiger partial charge in [0.2, 0.25) is 0 Å². The number of carbonyl (C=O) groups excluding carboxylic acids is 2. The normalized spacial score (nSPS) is 23.1. The molecule has 1 fully saturated rings. The molecule has 0 bridgehead atoms. The van der Waals surface area contributed by atoms with Crippen LogP contribution in [0.15, 0.2) is 47.2 Å². The van der Waals surface area contributed by atoms with Gasteiger partial charge in [-0.1, -0.05) is 51.1 Å². The van der Waals surface area contributed by atoms with E-state index in [-0.39, 0.29) is 13.0 Å². The van der Waals surface area contributed by atoms with Crippen molar-refractivity contribution >= 4 is 23.4 Å². The molecule has 1 aromatic carbocycles. The molecule has 2 atom stereocenters. The number of nitrogens with zero attached hydrogens (tertiary/aromatic N) is 1. The van der Waals surface area contributed by atoms with Crippen molar-refractivity contribution in [3.8, 4) is 0 Å². The molecule has 0 radical (unpaired) electrons. The molecule has 2 aromatic rings. The van der Waals surface area contributed by atoms with E-state index in [1.165, 1.54) is 4.90 Å². The molecule has 144 valence electrons. The number of hydrogen-bond acceptors (Lipinski definition) is 5. The summed E-state index contributed by atoms with van der Waals surface area (Å²) in [4.78, 5) is 26.8. The van der Waals surface area contributed by atoms with Gasteiger partial charge < -0.3 is 9.47 Å². The van der Waals surface area contributed by atoms with Crippen LogP contribution in [0.1, 0.15) is 39.7 Å². The molecule has 6 heteroatoms. The van der Waals surface area contributed by atoms with Gasteiger partial charge >= 0.3 is 12.1 Å². The van der Waals surface area contributed by atoms with Crippen LogP contribution in [-0.2, 0) is 27.3 Å². The number of benzene rings is 1. The highest BCUT2D eigenvalue weighted by atomic mass is 32.1. The molecule has 1 aromatic heterocycles. The largest absolute Gasteiger partial charge is 0.444 e. The Hall–Kier alpha value is -2.34. The first kappa shape index (κ1) is 18.0. The van der Waals surface area contributed by atoms with Crippen molar-refractivity contribution < 1.29 is 20.4 Å². The summed E-state index contributed by atoms with van der Waals surface area (Å²) >= 11 is 1.56. The van der Waals surface area contributed by atoms with Crippen molar-refractivity contribution in [2.75, 3.05) is 0 Å². The third-order valence-electron chi connectivity index (χ3n) is 4.35. The molecule has 0 aliphatic carbocycles. The second kappa shape index (κ2) is 8.13. The van der Waals surface area contributed by atoms with Crippen molar-refractivity contribution in [3.63, 3.8) is 0 Å². The summed E-state index contributed by atoms with van der Waals surface area (Å²) in [5, 5.41) is 3.92. The Kier molecular flexibility index (Phi) is 5.43. The van der Waals surface area contributed by atoms with Gasteiger partial charge in [0.15, 0.2) is 6.23 Å². The van der Waals surface area contributed by atoms with E-state index in [1.54, 1.807) is 11.3 Å². The highest BCUT2D eigenvalue weighted by Gasteiger charge is 2.50. The van der Waals surface area contributed by atoms with Gasteiger partial charge in [-0.2, -0.15) is 11.3 Å². The van der Waals surface area contributed by atoms with Crippen molar-refractivity contribution in [3.05, 3.63) is 58.3 Å². The summed E-state index contributed by atoms with van der Waals surface area (Å²) in [5.74, 6) is -0.709. The van der Waals surface area contributed by atoms with E-state index in [4.69, 9.17) is 10.8 Å². The summed E-state index contributed by atoms with van der Waals surface area (Å²) in [7, 11) is 0. The van der Waals surface area contributed by atoms with Crippen LogP contribution in [0.4, 0.5) is 4.79 Å². The minimum atomic E-state index is -1.81. The lowest BCUT2D eigenvalue weighted by Crippen LogP contribution is -2.48. The molecule has 1 aliphatic heterocycles. The zero-order valence-corrected chi connectivity index (χ0v) is 16.6. The fourth-order valence-corrected chi connectivity index (χ4v) is 3.64. The summed E-state index contributed by atoms with van der Waals surface area (Å²) in [6, 6.07) is 9.45. The van der Waals surface area contributed by atoms with Gasteiger partial charge in [-0.25, -0.2) is 9.59 Å². The van der Waals surface area contributed by atoms with Crippen LogP contribution < -0.4 is 0 Å². The van der Waals surface area contributed by atoms with E-state index in [9.17, 15) is 9.59 Å². The predicted molar refractivity (Wildman–Crippen MR) is 104 cm³/mol. The predicted octanol–water partition coefficient (Wildman–Crippen LogP) is 4.62. The average Bonchev–Trinajstić information content (AvgIpc) is 3.26. The highest BCUT2D eigenvalue weighted by Crippen LogP contribution is 2.34. The van der Waals surface area contributed by atoms with Gasteiger partial charge in [-0.3, -0.25) is 4.90 Å². The molecule has 1 aliphatic rings. The summed E-state index contributed by atoms with van der Waals surface area (Å²) in [6.07, 6.45) is -0.921. The maximum absolute atomic E-state index is 13.0. The smallest absolute Gasteiger partial charge is 0.413 e. The quantitative estimate of drug-likeness (QED) is 0.702. The molecule has 2 heterocycles. The molecule has 3 rings (SSSR count). The number of rotatable bonds is 5. The monoisotopic (exact) mass is 388 g/mol. The van der Waals surface area contributed by atoms with Crippen LogP contribution in [0, 0.1) is 5.41 Å². The zero-order chi connectivity index (χ0) is 20.4. The maximum Gasteiger partial charge on any atom is 0.413 e. The molecule has 27 heavy (non-hydrogen) atoms. The van der Waals surface area contributed by atoms with Gasteiger partial charge in [0, 0.05) is 5.41 Å². The number of aryl methyl sites for hydroxylation is 1. The fraction of sp³-hybridized carbons (Fsp3) is 0.429. The van der Waals surface area contributed by atoms with Gasteiger partial charge in [0.25, 0.3) is 0 Å². The summed E-state index contributed by atoms with van der Waals surface area (Å²) in [5.41, 5.74) is 1.32. The number of hydrogen-bond donors (Lipinski definition) is 0. The molecule has 0 N–H and O–H groups in total. The maximum atomic E-state index is 13.0. The van der Waals surface area contributed by atoms with E-state index in [0.29, 0.717) is 6.42 Å². The zero-order valence-electron chi connectivity index (χ0n) is 16.8. The van der Waals surface area contributed by atoms with E-state index >= 15 is 0 Å². The SMILES string of the molecule is [2H][C@]1(CCc2ccsc2)C(=O)O[C@@H](C(C)(C)C)N1C(=O)OCc1ccccc1. The van der Waals surface area contributed by atoms with Crippen LogP contribution >= 0.6 is 11.3 Å². The van der Waals surface area contributed by atoms with Crippen molar-refractivity contribution in [2.45, 2.75) is 52.5 Å². The summed E-state index contributed by atoms with van der Waals surface area (Å²) in [6.45, 7) is 5.68. The van der Waals surface area contributed by atoms with Gasteiger partial charge in [0.1, 0.15) is 12.6 Å². The van der Waals surface area contributed by atoms with Crippen molar-refractivity contribution in [2.24, 2.45) is 5.41 Å². The first-order chi connectivity index (χ1) is 13.2. The third-order valence-corrected chi connectivity index (χ3v) is 5.08. The minimum Gasteiger partial charge on any atom is -0.444 e. The number of carbonyl (C=O) groups is 2. The lowest BCUT2D eigenvalue weighted by Gasteiger charge is -2.33. The lowest BCUT2D eigenvalue weighted by atomic mass is 9.93. The van der Waals surface area contributed by atoms with Crippen LogP contribution in [0.5, 0.6) is 0 Å². The second-order valence-corrected chi connectivity index (χ2v) is 8.39. The van der Waals surface area contributed by atoms with Crippen LogP contribution in [0.2, 0.25) is 0 Å². The lowest BCUT2D eigenvalue weighted by molar-refractivity contribution is -0.147. The molecule has 1 amide bonds. The van der Waals surface area contributed by atoms with Gasteiger partial charge in [-0.05, 0) is 40.8 Å². The first-order valence-corrected chi connectivity index (χ1v) is 9.88. The molecular formula is C21H25NO4S. The highest BCUT2D eigenvalue weighted by molar-refractivity contribution is 7.07. The average molecular weight is 389 g/mol. The number of ether oxygens (including phenoxy) is 2. The molecule has 0 spiro atoms. The van der Waals surface area contributed by atoms with Gasteiger partial charge in [0.05, 0.1) is 1.37 Å². The van der Waals surface area contributed by atoms with Crippen LogP contribution in [-0.4, -0.2) is 29.2 Å².